The van der Waals surface area contributed by atoms with E-state index in [0.29, 0.717) is 0 Å². The van der Waals surface area contributed by atoms with Gasteiger partial charge >= 0.3 is 0 Å². The molecule has 0 aromatic carbocycles. The predicted molar refractivity (Wildman–Crippen MR) is 46.3 cm³/mol. The van der Waals surface area contributed by atoms with Gasteiger partial charge in [0.25, 0.3) is 0 Å². The highest BCUT2D eigenvalue weighted by Crippen LogP contribution is 1.93. The zero-order valence-corrected chi connectivity index (χ0v) is 7.32. The molecule has 9 heavy (non-hydrogen) atoms. The van der Waals surface area contributed by atoms with Crippen LogP contribution >= 0.6 is 12.6 Å². The fraction of sp³-hybridized carbons (Fsp3) is 1.00. The number of rotatable bonds is 5. The third-order valence-corrected chi connectivity index (χ3v) is 1.80. The van der Waals surface area contributed by atoms with E-state index in [1.807, 2.05) is 0 Å². The second-order valence-electron chi connectivity index (χ2n) is 2.33. The zero-order valence-electron chi connectivity index (χ0n) is 6.43. The molecule has 0 aromatic heterocycles. The number of hydrogen-bond donors (Lipinski definition) is 1. The summed E-state index contributed by atoms with van der Waals surface area (Å²) in [7, 11) is 2.15. The van der Waals surface area contributed by atoms with E-state index < -0.39 is 0 Å². The standard InChI is InChI=1S/C7H17NS/c1-3-8(2)6-4-5-7-9/h9H,3-7H2,1-2H3. The smallest absolute Gasteiger partial charge is 0.00216 e. The molecule has 0 unspecified atom stereocenters. The summed E-state index contributed by atoms with van der Waals surface area (Å²) in [5, 5.41) is 0. The lowest BCUT2D eigenvalue weighted by molar-refractivity contribution is 0.346. The molecule has 0 aromatic rings. The normalized spacial score (nSPS) is 10.7. The lowest BCUT2D eigenvalue weighted by atomic mass is 10.3. The van der Waals surface area contributed by atoms with Crippen molar-refractivity contribution < 1.29 is 0 Å². The highest BCUT2D eigenvalue weighted by atomic mass is 32.1. The maximum absolute atomic E-state index is 4.13. The zero-order chi connectivity index (χ0) is 7.11. The molecule has 2 heteroatoms. The van der Waals surface area contributed by atoms with Crippen molar-refractivity contribution in [3.63, 3.8) is 0 Å². The van der Waals surface area contributed by atoms with Crippen LogP contribution in [-0.2, 0) is 0 Å². The lowest BCUT2D eigenvalue weighted by Crippen LogP contribution is -2.18. The van der Waals surface area contributed by atoms with E-state index in [4.69, 9.17) is 0 Å². The van der Waals surface area contributed by atoms with E-state index in [9.17, 15) is 0 Å². The predicted octanol–water partition coefficient (Wildman–Crippen LogP) is 1.65. The second kappa shape index (κ2) is 6.43. The fourth-order valence-corrected chi connectivity index (χ4v) is 0.875. The first-order chi connectivity index (χ1) is 4.31. The van der Waals surface area contributed by atoms with Crippen LogP contribution in [0.5, 0.6) is 0 Å². The Balaban J connectivity index is 2.88. The Kier molecular flexibility index (Phi) is 6.65. The van der Waals surface area contributed by atoms with Crippen LogP contribution in [0.2, 0.25) is 0 Å². The quantitative estimate of drug-likeness (QED) is 0.457. The van der Waals surface area contributed by atoms with Gasteiger partial charge in [-0.3, -0.25) is 0 Å². The summed E-state index contributed by atoms with van der Waals surface area (Å²) in [6, 6.07) is 0. The lowest BCUT2D eigenvalue weighted by Gasteiger charge is -2.11. The van der Waals surface area contributed by atoms with E-state index in [0.717, 1.165) is 12.3 Å². The molecule has 0 bridgehead atoms. The van der Waals surface area contributed by atoms with Crippen LogP contribution in [0.4, 0.5) is 0 Å². The highest BCUT2D eigenvalue weighted by Gasteiger charge is 1.91. The fourth-order valence-electron chi connectivity index (χ4n) is 0.652. The van der Waals surface area contributed by atoms with Gasteiger partial charge in [0.15, 0.2) is 0 Å². The van der Waals surface area contributed by atoms with E-state index >= 15 is 0 Å². The molecule has 0 rings (SSSR count). The highest BCUT2D eigenvalue weighted by molar-refractivity contribution is 7.80. The number of unbranched alkanes of at least 4 members (excludes halogenated alkanes) is 1. The van der Waals surface area contributed by atoms with Crippen molar-refractivity contribution in [1.82, 2.24) is 4.90 Å². The third-order valence-electron chi connectivity index (χ3n) is 1.49. The minimum absolute atomic E-state index is 1.03. The van der Waals surface area contributed by atoms with Gasteiger partial charge in [0, 0.05) is 0 Å². The molecule has 0 spiro atoms. The minimum Gasteiger partial charge on any atom is -0.307 e. The molecule has 0 fully saturated rings. The summed E-state index contributed by atoms with van der Waals surface area (Å²) in [5.74, 6) is 1.03. The molecule has 1 nitrogen and oxygen atoms in total. The van der Waals surface area contributed by atoms with Gasteiger partial charge in [-0.25, -0.2) is 0 Å². The van der Waals surface area contributed by atoms with Crippen LogP contribution < -0.4 is 0 Å². The summed E-state index contributed by atoms with van der Waals surface area (Å²) in [6.07, 6.45) is 2.53. The summed E-state index contributed by atoms with van der Waals surface area (Å²) in [6.45, 7) is 4.56. The Morgan fingerprint density at radius 1 is 1.33 bits per heavy atom. The monoisotopic (exact) mass is 147 g/mol. The van der Waals surface area contributed by atoms with Gasteiger partial charge < -0.3 is 4.90 Å². The molecule has 0 N–H and O–H groups in total. The third kappa shape index (κ3) is 6.19. The van der Waals surface area contributed by atoms with Gasteiger partial charge in [0.2, 0.25) is 0 Å². The van der Waals surface area contributed by atoms with Crippen molar-refractivity contribution in [2.45, 2.75) is 19.8 Å². The largest absolute Gasteiger partial charge is 0.307 e. The Hall–Kier alpha value is 0.310. The first kappa shape index (κ1) is 9.31. The molecule has 0 saturated heterocycles. The molecule has 0 aliphatic rings. The van der Waals surface area contributed by atoms with Crippen molar-refractivity contribution in [1.29, 1.82) is 0 Å². The van der Waals surface area contributed by atoms with Crippen molar-refractivity contribution in [2.24, 2.45) is 0 Å². The van der Waals surface area contributed by atoms with Crippen LogP contribution in [0.1, 0.15) is 19.8 Å². The first-order valence-electron chi connectivity index (χ1n) is 3.60. The first-order valence-corrected chi connectivity index (χ1v) is 4.24. The van der Waals surface area contributed by atoms with E-state index in [1.165, 1.54) is 19.4 Å². The van der Waals surface area contributed by atoms with Crippen LogP contribution in [0.15, 0.2) is 0 Å². The van der Waals surface area contributed by atoms with Gasteiger partial charge in [-0.05, 0) is 38.7 Å². The minimum atomic E-state index is 1.03. The second-order valence-corrected chi connectivity index (χ2v) is 2.77. The van der Waals surface area contributed by atoms with E-state index in [1.54, 1.807) is 0 Å². The van der Waals surface area contributed by atoms with Gasteiger partial charge in [-0.15, -0.1) is 0 Å². The maximum Gasteiger partial charge on any atom is -0.00216 e. The van der Waals surface area contributed by atoms with Gasteiger partial charge in [0.05, 0.1) is 0 Å². The van der Waals surface area contributed by atoms with Crippen LogP contribution in [-0.4, -0.2) is 30.8 Å². The molecule has 0 amide bonds. The molecule has 0 heterocycles. The number of thiol groups is 1. The summed E-state index contributed by atoms with van der Waals surface area (Å²) < 4.78 is 0. The molecule has 0 radical (unpaired) electrons. The van der Waals surface area contributed by atoms with Crippen LogP contribution in [0, 0.1) is 0 Å². The van der Waals surface area contributed by atoms with Crippen molar-refractivity contribution >= 4 is 12.6 Å². The molecule has 0 aliphatic heterocycles. The van der Waals surface area contributed by atoms with Crippen molar-refractivity contribution in [3.8, 4) is 0 Å². The van der Waals surface area contributed by atoms with E-state index in [-0.39, 0.29) is 0 Å². The number of hydrogen-bond acceptors (Lipinski definition) is 2. The average molecular weight is 147 g/mol. The SMILES string of the molecule is CCN(C)CCCCS. The Bertz CT molecular complexity index is 56.9. The molecular formula is C7H17NS. The molecule has 56 valence electrons. The topological polar surface area (TPSA) is 3.24 Å². The van der Waals surface area contributed by atoms with Crippen LogP contribution in [0.25, 0.3) is 0 Å². The summed E-state index contributed by atoms with van der Waals surface area (Å²) in [4.78, 5) is 2.32. The number of nitrogens with zero attached hydrogens (tertiary/aromatic N) is 1. The summed E-state index contributed by atoms with van der Waals surface area (Å²) >= 11 is 4.13. The maximum atomic E-state index is 4.13. The molecular weight excluding hydrogens is 130 g/mol. The summed E-state index contributed by atoms with van der Waals surface area (Å²) in [5.41, 5.74) is 0. The van der Waals surface area contributed by atoms with Crippen LogP contribution in [0.3, 0.4) is 0 Å². The Morgan fingerprint density at radius 2 is 2.00 bits per heavy atom. The molecule has 0 atom stereocenters. The van der Waals surface area contributed by atoms with Crippen molar-refractivity contribution in [2.75, 3.05) is 25.9 Å². The molecule has 0 aliphatic carbocycles. The molecule has 0 saturated carbocycles. The Labute approximate surface area is 63.8 Å². The van der Waals surface area contributed by atoms with Gasteiger partial charge in [-0.2, -0.15) is 12.6 Å². The average Bonchev–Trinajstić information content (AvgIpc) is 1.89. The van der Waals surface area contributed by atoms with Crippen molar-refractivity contribution in [3.05, 3.63) is 0 Å². The van der Waals surface area contributed by atoms with Gasteiger partial charge in [-0.1, -0.05) is 6.92 Å². The van der Waals surface area contributed by atoms with Gasteiger partial charge in [0.1, 0.15) is 0 Å². The Morgan fingerprint density at radius 3 is 2.44 bits per heavy atom. The van der Waals surface area contributed by atoms with E-state index in [2.05, 4.69) is 31.5 Å².